The van der Waals surface area contributed by atoms with Crippen LogP contribution in [0.25, 0.3) is 0 Å². The van der Waals surface area contributed by atoms with E-state index in [0.29, 0.717) is 16.6 Å². The van der Waals surface area contributed by atoms with Gasteiger partial charge in [-0.1, -0.05) is 133 Å². The SMILES string of the molecule is CC(=O)O[C@H]1[C@H](O[C@@H]2[C@@H](OCc3ccccc3)[C@H](O[C@@H]3[C@H]4OC(C)(C)O[C@H]4[C@@H](O[Si](C(C)C)(C(C)C)C(C)C)O[C@H]3C)OC[C@H]2OCc2ccccc2)OC[C@@]1(COCc1ccccc1)OC(C)=O. The summed E-state index contributed by atoms with van der Waals surface area (Å²) in [5.41, 5.74) is 2.04. The van der Waals surface area contributed by atoms with Crippen molar-refractivity contribution in [1.82, 2.24) is 0 Å². The predicted molar refractivity (Wildman–Crippen MR) is 256 cm³/mol. The summed E-state index contributed by atoms with van der Waals surface area (Å²) in [6.07, 6.45) is -9.65. The molecular formula is C53H74O15Si. The number of ether oxygens (including phenoxy) is 12. The van der Waals surface area contributed by atoms with Gasteiger partial charge in [-0.25, -0.2) is 0 Å². The van der Waals surface area contributed by atoms with E-state index in [1.165, 1.54) is 13.8 Å². The fourth-order valence-corrected chi connectivity index (χ4v) is 16.0. The van der Waals surface area contributed by atoms with Gasteiger partial charge in [0.1, 0.15) is 36.6 Å². The van der Waals surface area contributed by atoms with E-state index in [9.17, 15) is 9.59 Å². The van der Waals surface area contributed by atoms with E-state index in [0.717, 1.165) is 16.7 Å². The molecule has 12 atom stereocenters. The number of benzene rings is 3. The molecule has 3 aromatic carbocycles. The molecule has 0 aliphatic carbocycles. The predicted octanol–water partition coefficient (Wildman–Crippen LogP) is 8.55. The van der Waals surface area contributed by atoms with Crippen LogP contribution < -0.4 is 0 Å². The minimum absolute atomic E-state index is 0.00349. The van der Waals surface area contributed by atoms with Gasteiger partial charge < -0.3 is 61.3 Å². The number of hydrogen-bond acceptors (Lipinski definition) is 15. The molecule has 16 heteroatoms. The Morgan fingerprint density at radius 3 is 1.74 bits per heavy atom. The molecule has 0 bridgehead atoms. The van der Waals surface area contributed by atoms with Crippen molar-refractivity contribution in [3.05, 3.63) is 108 Å². The van der Waals surface area contributed by atoms with Crippen LogP contribution in [0.3, 0.4) is 0 Å². The highest BCUT2D eigenvalue weighted by atomic mass is 28.4. The first-order chi connectivity index (χ1) is 32.9. The molecule has 4 aliphatic rings. The quantitative estimate of drug-likeness (QED) is 0.0739. The van der Waals surface area contributed by atoms with Gasteiger partial charge in [-0.3, -0.25) is 9.59 Å². The summed E-state index contributed by atoms with van der Waals surface area (Å²) in [7, 11) is -2.45. The third-order valence-corrected chi connectivity index (χ3v) is 19.6. The average molecular weight is 979 g/mol. The molecule has 69 heavy (non-hydrogen) atoms. The number of hydrogen-bond donors (Lipinski definition) is 0. The van der Waals surface area contributed by atoms with E-state index in [1.807, 2.05) is 112 Å². The molecule has 4 heterocycles. The van der Waals surface area contributed by atoms with Gasteiger partial charge in [0.15, 0.2) is 36.4 Å². The largest absolute Gasteiger partial charge is 0.453 e. The van der Waals surface area contributed by atoms with Crippen LogP contribution in [-0.2, 0) is 90.7 Å². The monoisotopic (exact) mass is 978 g/mol. The van der Waals surface area contributed by atoms with E-state index in [-0.39, 0.29) is 39.6 Å². The second-order valence-electron chi connectivity index (χ2n) is 20.1. The summed E-state index contributed by atoms with van der Waals surface area (Å²) in [4.78, 5) is 25.8. The standard InChI is InChI=1S/C53H74O15Si/c1-33(2)69(34(3)4,35(5)6)68-50-47-45(66-52(10,11)67-47)43(36(7)61-50)63-49-46(58-29-41-25-19-14-20-26-41)44(42(30-59-49)57-28-40-23-17-13-18-24-40)64-51-48(62-37(8)54)53(32-60-51,65-38(9)55)31-56-27-39-21-15-12-16-22-39/h12-26,33-36,42-51H,27-32H2,1-11H3/t36-,42+,43-,44-,45+,46+,47+,48-,49-,50+,51-,53+/m0/s1. The topological polar surface area (TPSA) is 154 Å². The van der Waals surface area contributed by atoms with Crippen molar-refractivity contribution >= 4 is 20.3 Å². The van der Waals surface area contributed by atoms with Crippen molar-refractivity contribution in [2.24, 2.45) is 0 Å². The molecule has 380 valence electrons. The molecule has 0 unspecified atom stereocenters. The molecule has 3 aromatic rings. The summed E-state index contributed by atoms with van der Waals surface area (Å²) in [6, 6.07) is 29.0. The summed E-state index contributed by atoms with van der Waals surface area (Å²) in [5, 5.41) is 0. The smallest absolute Gasteiger partial charge is 0.303 e. The molecule has 0 saturated carbocycles. The maximum atomic E-state index is 12.9. The van der Waals surface area contributed by atoms with Crippen LogP contribution in [0.15, 0.2) is 91.0 Å². The first-order valence-corrected chi connectivity index (χ1v) is 26.6. The molecular weight excluding hydrogens is 905 g/mol. The van der Waals surface area contributed by atoms with Gasteiger partial charge in [0.25, 0.3) is 0 Å². The minimum atomic E-state index is -2.45. The minimum Gasteiger partial charge on any atom is -0.453 e. The average Bonchev–Trinajstić information content (AvgIpc) is 3.80. The van der Waals surface area contributed by atoms with Crippen molar-refractivity contribution in [3.8, 4) is 0 Å². The lowest BCUT2D eigenvalue weighted by Crippen LogP contribution is -2.64. The zero-order chi connectivity index (χ0) is 49.5. The zero-order valence-corrected chi connectivity index (χ0v) is 43.1. The summed E-state index contributed by atoms with van der Waals surface area (Å²) in [5.74, 6) is -2.23. The Morgan fingerprint density at radius 2 is 1.19 bits per heavy atom. The van der Waals surface area contributed by atoms with E-state index < -0.39 is 99.3 Å². The van der Waals surface area contributed by atoms with Crippen LogP contribution in [0.1, 0.15) is 92.9 Å². The van der Waals surface area contributed by atoms with Gasteiger partial charge >= 0.3 is 11.9 Å². The molecule has 0 aromatic heterocycles. The van der Waals surface area contributed by atoms with Gasteiger partial charge in [0.2, 0.25) is 8.32 Å². The molecule has 0 N–H and O–H groups in total. The van der Waals surface area contributed by atoms with Gasteiger partial charge in [-0.2, -0.15) is 0 Å². The maximum absolute atomic E-state index is 12.9. The Morgan fingerprint density at radius 1 is 0.652 bits per heavy atom. The highest BCUT2D eigenvalue weighted by Gasteiger charge is 2.61. The fraction of sp³-hybridized carbons (Fsp3) is 0.623. The van der Waals surface area contributed by atoms with Gasteiger partial charge in [0, 0.05) is 13.8 Å². The Balaban J connectivity index is 1.22. The molecule has 4 saturated heterocycles. The number of carbonyl (C=O) groups is 2. The lowest BCUT2D eigenvalue weighted by atomic mass is 9.98. The Hall–Kier alpha value is -3.62. The summed E-state index contributed by atoms with van der Waals surface area (Å²) >= 11 is 0. The summed E-state index contributed by atoms with van der Waals surface area (Å²) in [6.45, 7) is 21.9. The van der Waals surface area contributed by atoms with Crippen LogP contribution in [0, 0.1) is 0 Å². The van der Waals surface area contributed by atoms with E-state index in [4.69, 9.17) is 61.3 Å². The van der Waals surface area contributed by atoms with Crippen molar-refractivity contribution < 1.29 is 70.9 Å². The van der Waals surface area contributed by atoms with Crippen LogP contribution in [0.5, 0.6) is 0 Å². The van der Waals surface area contributed by atoms with Crippen molar-refractivity contribution in [2.45, 2.75) is 192 Å². The van der Waals surface area contributed by atoms with E-state index in [2.05, 4.69) is 41.5 Å². The Labute approximate surface area is 409 Å². The number of carbonyl (C=O) groups excluding carboxylic acids is 2. The molecule has 0 radical (unpaired) electrons. The Kier molecular flexibility index (Phi) is 17.9. The third kappa shape index (κ3) is 12.7. The molecule has 4 aliphatic heterocycles. The maximum Gasteiger partial charge on any atom is 0.303 e. The lowest BCUT2D eigenvalue weighted by molar-refractivity contribution is -0.350. The van der Waals surface area contributed by atoms with Gasteiger partial charge in [-0.15, -0.1) is 0 Å². The van der Waals surface area contributed by atoms with Crippen LogP contribution in [-0.4, -0.2) is 119 Å². The normalized spacial score (nSPS) is 31.2. The van der Waals surface area contributed by atoms with Crippen LogP contribution in [0.4, 0.5) is 0 Å². The van der Waals surface area contributed by atoms with Crippen LogP contribution >= 0.6 is 0 Å². The highest BCUT2D eigenvalue weighted by molar-refractivity contribution is 6.77. The number of rotatable bonds is 21. The third-order valence-electron chi connectivity index (χ3n) is 13.5. The molecule has 0 amide bonds. The summed E-state index contributed by atoms with van der Waals surface area (Å²) < 4.78 is 86.3. The lowest BCUT2D eigenvalue weighted by Gasteiger charge is -2.50. The van der Waals surface area contributed by atoms with E-state index >= 15 is 0 Å². The van der Waals surface area contributed by atoms with Crippen molar-refractivity contribution in [1.29, 1.82) is 0 Å². The van der Waals surface area contributed by atoms with Crippen molar-refractivity contribution in [3.63, 3.8) is 0 Å². The first-order valence-electron chi connectivity index (χ1n) is 24.4. The van der Waals surface area contributed by atoms with E-state index in [1.54, 1.807) is 0 Å². The van der Waals surface area contributed by atoms with Gasteiger partial charge in [-0.05, 0) is 54.1 Å². The van der Waals surface area contributed by atoms with Crippen molar-refractivity contribution in [2.75, 3.05) is 19.8 Å². The van der Waals surface area contributed by atoms with Crippen LogP contribution in [0.2, 0.25) is 16.6 Å². The molecule has 4 fully saturated rings. The second kappa shape index (κ2) is 23.3. The Bertz CT molecular complexity index is 2050. The molecule has 15 nitrogen and oxygen atoms in total. The number of esters is 2. The highest BCUT2D eigenvalue weighted by Crippen LogP contribution is 2.47. The molecule has 0 spiro atoms. The fourth-order valence-electron chi connectivity index (χ4n) is 10.5. The molecule has 7 rings (SSSR count). The second-order valence-corrected chi connectivity index (χ2v) is 25.5. The van der Waals surface area contributed by atoms with Gasteiger partial charge in [0.05, 0.1) is 45.7 Å². The number of fused-ring (bicyclic) bond motifs is 1. The first kappa shape index (κ1) is 53.2. The zero-order valence-electron chi connectivity index (χ0n) is 42.1.